The van der Waals surface area contributed by atoms with Gasteiger partial charge in [-0.05, 0) is 26.7 Å². The smallest absolute Gasteiger partial charge is 0.214 e. The molecule has 1 aliphatic heterocycles. The molecule has 0 amide bonds. The van der Waals surface area contributed by atoms with E-state index in [1.165, 1.54) is 0 Å². The second kappa shape index (κ2) is 6.81. The van der Waals surface area contributed by atoms with Crippen molar-refractivity contribution in [3.63, 3.8) is 0 Å². The van der Waals surface area contributed by atoms with Crippen LogP contribution in [-0.4, -0.2) is 52.2 Å². The maximum atomic E-state index is 12.0. The zero-order valence-electron chi connectivity index (χ0n) is 11.1. The van der Waals surface area contributed by atoms with Crippen molar-refractivity contribution in [2.45, 2.75) is 38.3 Å². The second-order valence-corrected chi connectivity index (χ2v) is 6.78. The molecule has 108 valence electrons. The first kappa shape index (κ1) is 15.8. The number of ether oxygens (including phenoxy) is 2. The third kappa shape index (κ3) is 5.19. The monoisotopic (exact) mass is 280 g/mol. The average molecular weight is 280 g/mol. The quantitative estimate of drug-likeness (QED) is 0.676. The van der Waals surface area contributed by atoms with Crippen LogP contribution in [0.5, 0.6) is 0 Å². The fraction of sp³-hybridized carbons (Fsp3) is 1.00. The minimum Gasteiger partial charge on any atom is -0.381 e. The maximum Gasteiger partial charge on any atom is 0.214 e. The van der Waals surface area contributed by atoms with Gasteiger partial charge < -0.3 is 15.2 Å². The van der Waals surface area contributed by atoms with Crippen molar-refractivity contribution in [2.24, 2.45) is 5.73 Å². The summed E-state index contributed by atoms with van der Waals surface area (Å²) in [4.78, 5) is 0. The van der Waals surface area contributed by atoms with Gasteiger partial charge in [0.15, 0.2) is 0 Å². The van der Waals surface area contributed by atoms with Crippen molar-refractivity contribution in [1.29, 1.82) is 0 Å². The van der Waals surface area contributed by atoms with Crippen LogP contribution in [0.2, 0.25) is 0 Å². The summed E-state index contributed by atoms with van der Waals surface area (Å²) in [5.74, 6) is -0.0339. The Morgan fingerprint density at radius 2 is 2.00 bits per heavy atom. The van der Waals surface area contributed by atoms with Crippen LogP contribution in [0.3, 0.4) is 0 Å². The molecule has 3 N–H and O–H groups in total. The van der Waals surface area contributed by atoms with Crippen LogP contribution in [0.15, 0.2) is 0 Å². The third-order valence-corrected chi connectivity index (χ3v) is 4.46. The Bertz CT molecular complexity index is 337. The topological polar surface area (TPSA) is 90.7 Å². The lowest BCUT2D eigenvalue weighted by Crippen LogP contribution is -2.57. The van der Waals surface area contributed by atoms with Crippen LogP contribution < -0.4 is 10.5 Å². The maximum absolute atomic E-state index is 12.0. The van der Waals surface area contributed by atoms with Gasteiger partial charge in [0, 0.05) is 25.3 Å². The molecule has 1 aliphatic rings. The van der Waals surface area contributed by atoms with Gasteiger partial charge in [0.25, 0.3) is 0 Å². The number of hydrogen-bond donors (Lipinski definition) is 2. The van der Waals surface area contributed by atoms with Gasteiger partial charge in [-0.3, -0.25) is 0 Å². The molecule has 0 aromatic rings. The molecule has 0 atom stereocenters. The van der Waals surface area contributed by atoms with E-state index in [4.69, 9.17) is 15.2 Å². The van der Waals surface area contributed by atoms with Gasteiger partial charge >= 0.3 is 0 Å². The highest BCUT2D eigenvalue weighted by molar-refractivity contribution is 7.89. The zero-order valence-corrected chi connectivity index (χ0v) is 12.0. The lowest BCUT2D eigenvalue weighted by atomic mass is 9.92. The Morgan fingerprint density at radius 3 is 2.50 bits per heavy atom. The van der Waals surface area contributed by atoms with E-state index in [9.17, 15) is 8.42 Å². The van der Waals surface area contributed by atoms with Crippen LogP contribution in [0.25, 0.3) is 0 Å². The molecule has 1 rings (SSSR count). The molecule has 1 heterocycles. The Hall–Kier alpha value is -0.210. The third-order valence-electron chi connectivity index (χ3n) is 3.02. The minimum absolute atomic E-state index is 0.0339. The number of rotatable bonds is 7. The first-order valence-electron chi connectivity index (χ1n) is 6.30. The van der Waals surface area contributed by atoms with Gasteiger partial charge in [0.1, 0.15) is 0 Å². The summed E-state index contributed by atoms with van der Waals surface area (Å²) >= 11 is 0. The average Bonchev–Trinajstić information content (AvgIpc) is 2.28. The summed E-state index contributed by atoms with van der Waals surface area (Å²) in [5, 5.41) is 0. The van der Waals surface area contributed by atoms with E-state index >= 15 is 0 Å². The molecule has 0 aliphatic carbocycles. The van der Waals surface area contributed by atoms with Crippen LogP contribution in [0.4, 0.5) is 0 Å². The summed E-state index contributed by atoms with van der Waals surface area (Å²) in [6.45, 7) is 5.33. The van der Waals surface area contributed by atoms with Gasteiger partial charge in [0.05, 0.1) is 18.5 Å². The molecular formula is C11H24N2O4S. The summed E-state index contributed by atoms with van der Waals surface area (Å²) in [6, 6.07) is 0. The van der Waals surface area contributed by atoms with Gasteiger partial charge in [0.2, 0.25) is 10.0 Å². The van der Waals surface area contributed by atoms with Gasteiger partial charge in [-0.1, -0.05) is 0 Å². The van der Waals surface area contributed by atoms with Crippen molar-refractivity contribution in [3.05, 3.63) is 0 Å². The second-order valence-electron chi connectivity index (χ2n) is 4.94. The van der Waals surface area contributed by atoms with E-state index in [1.807, 2.05) is 13.8 Å². The van der Waals surface area contributed by atoms with Crippen LogP contribution in [-0.2, 0) is 19.5 Å². The van der Waals surface area contributed by atoms with Gasteiger partial charge in [-0.2, -0.15) is 0 Å². The summed E-state index contributed by atoms with van der Waals surface area (Å²) in [7, 11) is -3.36. The highest BCUT2D eigenvalue weighted by atomic mass is 32.2. The van der Waals surface area contributed by atoms with Crippen molar-refractivity contribution < 1.29 is 17.9 Å². The molecule has 0 bridgehead atoms. The summed E-state index contributed by atoms with van der Waals surface area (Å²) < 4.78 is 37.1. The largest absolute Gasteiger partial charge is 0.381 e. The van der Waals surface area contributed by atoms with E-state index in [0.717, 1.165) is 0 Å². The van der Waals surface area contributed by atoms with E-state index in [1.54, 1.807) is 0 Å². The molecule has 6 nitrogen and oxygen atoms in total. The highest BCUT2D eigenvalue weighted by Crippen LogP contribution is 2.20. The van der Waals surface area contributed by atoms with E-state index in [0.29, 0.717) is 32.6 Å². The summed E-state index contributed by atoms with van der Waals surface area (Å²) in [5.41, 5.74) is 5.16. The molecule has 0 aromatic heterocycles. The predicted molar refractivity (Wildman–Crippen MR) is 69.8 cm³/mol. The zero-order chi connectivity index (χ0) is 13.6. The molecule has 0 unspecified atom stereocenters. The van der Waals surface area contributed by atoms with E-state index in [-0.39, 0.29) is 18.5 Å². The van der Waals surface area contributed by atoms with E-state index in [2.05, 4.69) is 4.72 Å². The molecule has 1 saturated heterocycles. The normalized spacial score (nSPS) is 20.2. The Balaban J connectivity index is 2.51. The predicted octanol–water partition coefficient (Wildman–Crippen LogP) is -0.161. The molecule has 0 aromatic carbocycles. The Labute approximate surface area is 109 Å². The SMILES string of the molecule is CC(C)OCCS(=O)(=O)NC1(CN)CCOCC1. The number of hydrogen-bond acceptors (Lipinski definition) is 5. The minimum atomic E-state index is -3.36. The van der Waals surface area contributed by atoms with Crippen molar-refractivity contribution in [2.75, 3.05) is 32.1 Å². The first-order chi connectivity index (χ1) is 8.39. The molecule has 18 heavy (non-hydrogen) atoms. The van der Waals surface area contributed by atoms with Crippen molar-refractivity contribution in [1.82, 2.24) is 4.72 Å². The molecule has 0 radical (unpaired) electrons. The molecular weight excluding hydrogens is 256 g/mol. The fourth-order valence-electron chi connectivity index (χ4n) is 1.88. The van der Waals surface area contributed by atoms with Crippen molar-refractivity contribution >= 4 is 10.0 Å². The first-order valence-corrected chi connectivity index (χ1v) is 7.95. The van der Waals surface area contributed by atoms with Crippen LogP contribution >= 0.6 is 0 Å². The lowest BCUT2D eigenvalue weighted by molar-refractivity contribution is 0.0499. The number of nitrogens with one attached hydrogen (secondary N) is 1. The number of nitrogens with two attached hydrogens (primary N) is 1. The summed E-state index contributed by atoms with van der Waals surface area (Å²) in [6.07, 6.45) is 1.27. The molecule has 0 saturated carbocycles. The van der Waals surface area contributed by atoms with Crippen molar-refractivity contribution in [3.8, 4) is 0 Å². The number of sulfonamides is 1. The molecule has 7 heteroatoms. The Kier molecular flexibility index (Phi) is 6.00. The lowest BCUT2D eigenvalue weighted by Gasteiger charge is -2.36. The molecule has 0 spiro atoms. The van der Waals surface area contributed by atoms with E-state index < -0.39 is 15.6 Å². The Morgan fingerprint density at radius 1 is 1.39 bits per heavy atom. The highest BCUT2D eigenvalue weighted by Gasteiger charge is 2.35. The van der Waals surface area contributed by atoms with Gasteiger partial charge in [-0.25, -0.2) is 13.1 Å². The van der Waals surface area contributed by atoms with Gasteiger partial charge in [-0.15, -0.1) is 0 Å². The molecule has 1 fully saturated rings. The fourth-order valence-corrected chi connectivity index (χ4v) is 3.25. The standard InChI is InChI=1S/C11H24N2O4S/c1-10(2)17-7-8-18(14,15)13-11(9-12)3-5-16-6-4-11/h10,13H,3-9,12H2,1-2H3. The van der Waals surface area contributed by atoms with Crippen LogP contribution in [0.1, 0.15) is 26.7 Å². The van der Waals surface area contributed by atoms with Crippen LogP contribution in [0, 0.1) is 0 Å².